The van der Waals surface area contributed by atoms with Gasteiger partial charge < -0.3 is 10.1 Å². The molecule has 2 atom stereocenters. The van der Waals surface area contributed by atoms with E-state index >= 15 is 0 Å². The number of benzene rings is 1. The van der Waals surface area contributed by atoms with Gasteiger partial charge >= 0.3 is 0 Å². The average Bonchev–Trinajstić information content (AvgIpc) is 2.67. The molecule has 1 N–H and O–H groups in total. The molecular weight excluding hydrogens is 234 g/mol. The van der Waals surface area contributed by atoms with Crippen molar-refractivity contribution in [2.24, 2.45) is 11.8 Å². The molecule has 0 aromatic heterocycles. The van der Waals surface area contributed by atoms with Crippen molar-refractivity contribution in [2.75, 3.05) is 13.1 Å². The fourth-order valence-corrected chi connectivity index (χ4v) is 3.42. The minimum absolute atomic E-state index is 0. The third-order valence-corrected chi connectivity index (χ3v) is 4.27. The van der Waals surface area contributed by atoms with Crippen molar-refractivity contribution < 1.29 is 4.74 Å². The molecule has 2 aliphatic heterocycles. The van der Waals surface area contributed by atoms with E-state index in [1.54, 1.807) is 0 Å². The van der Waals surface area contributed by atoms with E-state index in [2.05, 4.69) is 43.4 Å². The molecule has 2 nitrogen and oxygen atoms in total. The number of halogens is 1. The summed E-state index contributed by atoms with van der Waals surface area (Å²) in [4.78, 5) is 0. The first-order chi connectivity index (χ1) is 7.75. The summed E-state index contributed by atoms with van der Waals surface area (Å²) in [7, 11) is 0. The second kappa shape index (κ2) is 4.60. The van der Waals surface area contributed by atoms with Crippen LogP contribution in [0.5, 0.6) is 0 Å². The molecule has 1 fully saturated rings. The fraction of sp³-hybridized carbons (Fsp3) is 0.571. The summed E-state index contributed by atoms with van der Waals surface area (Å²) >= 11 is 0. The second-order valence-corrected chi connectivity index (χ2v) is 5.20. The maximum Gasteiger partial charge on any atom is 0.101 e. The van der Waals surface area contributed by atoms with Crippen LogP contribution < -0.4 is 5.32 Å². The highest BCUT2D eigenvalue weighted by molar-refractivity contribution is 5.85. The Kier molecular flexibility index (Phi) is 3.48. The van der Waals surface area contributed by atoms with Gasteiger partial charge in [-0.05, 0) is 11.1 Å². The van der Waals surface area contributed by atoms with Gasteiger partial charge in [0.2, 0.25) is 0 Å². The van der Waals surface area contributed by atoms with Crippen LogP contribution in [0.4, 0.5) is 0 Å². The Morgan fingerprint density at radius 3 is 2.53 bits per heavy atom. The Balaban J connectivity index is 0.00000108. The molecule has 0 radical (unpaired) electrons. The van der Waals surface area contributed by atoms with Gasteiger partial charge in [-0.15, -0.1) is 12.4 Å². The minimum Gasteiger partial charge on any atom is -0.365 e. The van der Waals surface area contributed by atoms with Crippen molar-refractivity contribution in [3.63, 3.8) is 0 Å². The van der Waals surface area contributed by atoms with Crippen LogP contribution in [0, 0.1) is 11.8 Å². The molecule has 1 spiro atoms. The standard InChI is InChI=1S/C14H19NO.ClH/c1-10-7-15-8-11(2)14(10)13-6-4-3-5-12(13)9-16-14;/h3-6,10-11,15H,7-9H2,1-2H3;1H. The van der Waals surface area contributed by atoms with Crippen LogP contribution in [0.2, 0.25) is 0 Å². The van der Waals surface area contributed by atoms with E-state index in [0.717, 1.165) is 19.7 Å². The van der Waals surface area contributed by atoms with Gasteiger partial charge in [0, 0.05) is 24.9 Å². The van der Waals surface area contributed by atoms with E-state index < -0.39 is 0 Å². The average molecular weight is 254 g/mol. The Morgan fingerprint density at radius 1 is 1.18 bits per heavy atom. The zero-order valence-corrected chi connectivity index (χ0v) is 11.2. The second-order valence-electron chi connectivity index (χ2n) is 5.20. The first kappa shape index (κ1) is 12.9. The third kappa shape index (κ3) is 1.70. The topological polar surface area (TPSA) is 21.3 Å². The summed E-state index contributed by atoms with van der Waals surface area (Å²) < 4.78 is 6.24. The highest BCUT2D eigenvalue weighted by atomic mass is 35.5. The van der Waals surface area contributed by atoms with Gasteiger partial charge in [-0.2, -0.15) is 0 Å². The molecule has 94 valence electrons. The Bertz CT molecular complexity index is 397. The first-order valence-electron chi connectivity index (χ1n) is 6.18. The maximum absolute atomic E-state index is 6.24. The third-order valence-electron chi connectivity index (χ3n) is 4.27. The molecule has 1 saturated heterocycles. The summed E-state index contributed by atoms with van der Waals surface area (Å²) in [6.07, 6.45) is 0. The van der Waals surface area contributed by atoms with Crippen LogP contribution in [0.15, 0.2) is 24.3 Å². The molecule has 17 heavy (non-hydrogen) atoms. The molecule has 3 rings (SSSR count). The SMILES string of the molecule is CC1CNCC(C)C12OCc1ccccc12.Cl. The number of hydrogen-bond donors (Lipinski definition) is 1. The van der Waals surface area contributed by atoms with Gasteiger partial charge in [0.1, 0.15) is 5.60 Å². The molecule has 0 amide bonds. The van der Waals surface area contributed by atoms with E-state index in [4.69, 9.17) is 4.74 Å². The Morgan fingerprint density at radius 2 is 1.82 bits per heavy atom. The summed E-state index contributed by atoms with van der Waals surface area (Å²) in [5, 5.41) is 3.49. The van der Waals surface area contributed by atoms with Crippen LogP contribution in [0.3, 0.4) is 0 Å². The molecule has 0 saturated carbocycles. The van der Waals surface area contributed by atoms with E-state index in [9.17, 15) is 0 Å². The fourth-order valence-electron chi connectivity index (χ4n) is 3.42. The van der Waals surface area contributed by atoms with Gasteiger partial charge in [0.15, 0.2) is 0 Å². The minimum atomic E-state index is -0.0398. The molecule has 0 bridgehead atoms. The number of rotatable bonds is 0. The van der Waals surface area contributed by atoms with Gasteiger partial charge in [-0.3, -0.25) is 0 Å². The predicted octanol–water partition coefficient (Wildman–Crippen LogP) is 2.71. The number of nitrogens with one attached hydrogen (secondary N) is 1. The summed E-state index contributed by atoms with van der Waals surface area (Å²) in [6.45, 7) is 7.48. The van der Waals surface area contributed by atoms with E-state index in [-0.39, 0.29) is 18.0 Å². The van der Waals surface area contributed by atoms with E-state index in [0.29, 0.717) is 11.8 Å². The van der Waals surface area contributed by atoms with Gasteiger partial charge in [0.05, 0.1) is 6.61 Å². The molecular formula is C14H20ClNO. The maximum atomic E-state index is 6.24. The van der Waals surface area contributed by atoms with Gasteiger partial charge in [0.25, 0.3) is 0 Å². The molecule has 2 heterocycles. The van der Waals surface area contributed by atoms with Crippen molar-refractivity contribution in [3.05, 3.63) is 35.4 Å². The van der Waals surface area contributed by atoms with Crippen LogP contribution >= 0.6 is 12.4 Å². The highest BCUT2D eigenvalue weighted by Gasteiger charge is 2.50. The largest absolute Gasteiger partial charge is 0.365 e. The number of piperidine rings is 1. The zero-order chi connectivity index (χ0) is 11.2. The van der Waals surface area contributed by atoms with Crippen molar-refractivity contribution in [2.45, 2.75) is 26.1 Å². The summed E-state index contributed by atoms with van der Waals surface area (Å²) in [6, 6.07) is 8.70. The smallest absolute Gasteiger partial charge is 0.101 e. The lowest BCUT2D eigenvalue weighted by Gasteiger charge is -2.45. The normalized spacial score (nSPS) is 35.4. The molecule has 1 aromatic rings. The van der Waals surface area contributed by atoms with E-state index in [1.807, 2.05) is 0 Å². The van der Waals surface area contributed by atoms with Crippen LogP contribution in [0.1, 0.15) is 25.0 Å². The number of fused-ring (bicyclic) bond motifs is 2. The lowest BCUT2D eigenvalue weighted by molar-refractivity contribution is -0.126. The molecule has 2 aliphatic rings. The lowest BCUT2D eigenvalue weighted by atomic mass is 9.71. The summed E-state index contributed by atoms with van der Waals surface area (Å²) in [5.74, 6) is 1.08. The summed E-state index contributed by atoms with van der Waals surface area (Å²) in [5.41, 5.74) is 2.77. The van der Waals surface area contributed by atoms with Crippen molar-refractivity contribution in [3.8, 4) is 0 Å². The monoisotopic (exact) mass is 253 g/mol. The van der Waals surface area contributed by atoms with E-state index in [1.165, 1.54) is 11.1 Å². The Hall–Kier alpha value is -0.570. The predicted molar refractivity (Wildman–Crippen MR) is 71.4 cm³/mol. The van der Waals surface area contributed by atoms with Crippen molar-refractivity contribution in [1.82, 2.24) is 5.32 Å². The molecule has 3 heteroatoms. The van der Waals surface area contributed by atoms with Gasteiger partial charge in [-0.1, -0.05) is 38.1 Å². The molecule has 2 unspecified atom stereocenters. The zero-order valence-electron chi connectivity index (χ0n) is 10.4. The number of ether oxygens (including phenoxy) is 1. The van der Waals surface area contributed by atoms with Crippen LogP contribution in [-0.2, 0) is 16.9 Å². The van der Waals surface area contributed by atoms with Gasteiger partial charge in [-0.25, -0.2) is 0 Å². The highest BCUT2D eigenvalue weighted by Crippen LogP contribution is 2.48. The number of hydrogen-bond acceptors (Lipinski definition) is 2. The molecule has 1 aromatic carbocycles. The first-order valence-corrected chi connectivity index (χ1v) is 6.18. The van der Waals surface area contributed by atoms with Crippen LogP contribution in [-0.4, -0.2) is 13.1 Å². The quantitative estimate of drug-likeness (QED) is 0.768. The molecule has 0 aliphatic carbocycles. The Labute approximate surface area is 109 Å². The lowest BCUT2D eigenvalue weighted by Crippen LogP contribution is -2.52. The van der Waals surface area contributed by atoms with Crippen molar-refractivity contribution in [1.29, 1.82) is 0 Å². The van der Waals surface area contributed by atoms with Crippen LogP contribution in [0.25, 0.3) is 0 Å². The van der Waals surface area contributed by atoms with Crippen molar-refractivity contribution >= 4 is 12.4 Å².